The zero-order valence-corrected chi connectivity index (χ0v) is 14.3. The average molecular weight is 328 g/mol. The van der Waals surface area contributed by atoms with Crippen molar-refractivity contribution in [2.45, 2.75) is 37.3 Å². The van der Waals surface area contributed by atoms with Crippen molar-refractivity contribution in [3.05, 3.63) is 42.1 Å². The largest absolute Gasteiger partial charge is 0.472 e. The maximum absolute atomic E-state index is 12.4. The van der Waals surface area contributed by atoms with E-state index in [1.54, 1.807) is 6.26 Å². The van der Waals surface area contributed by atoms with Gasteiger partial charge in [-0.3, -0.25) is 14.4 Å². The Morgan fingerprint density at radius 2 is 2.12 bits per heavy atom. The summed E-state index contributed by atoms with van der Waals surface area (Å²) in [4.78, 5) is 16.9. The van der Waals surface area contributed by atoms with Crippen LogP contribution in [0.1, 0.15) is 36.3 Å². The number of aromatic nitrogens is 2. The van der Waals surface area contributed by atoms with E-state index >= 15 is 0 Å². The molecule has 0 aromatic carbocycles. The molecule has 128 valence electrons. The van der Waals surface area contributed by atoms with Crippen molar-refractivity contribution in [1.82, 2.24) is 19.6 Å². The molecule has 1 atom stereocenters. The van der Waals surface area contributed by atoms with Crippen LogP contribution in [0.15, 0.2) is 35.4 Å². The Morgan fingerprint density at radius 1 is 1.33 bits per heavy atom. The number of nitrogens with zero attached hydrogens (tertiary/aromatic N) is 4. The first kappa shape index (κ1) is 15.4. The van der Waals surface area contributed by atoms with Crippen molar-refractivity contribution in [2.75, 3.05) is 20.1 Å². The van der Waals surface area contributed by atoms with Gasteiger partial charge in [-0.1, -0.05) is 0 Å². The van der Waals surface area contributed by atoms with Crippen molar-refractivity contribution in [3.63, 3.8) is 0 Å². The summed E-state index contributed by atoms with van der Waals surface area (Å²) < 4.78 is 7.00. The number of carbonyl (C=O) groups excluding carboxylic acids is 1. The molecule has 0 N–H and O–H groups in total. The molecule has 2 aromatic heterocycles. The van der Waals surface area contributed by atoms with Crippen molar-refractivity contribution in [2.24, 2.45) is 7.05 Å². The molecule has 1 spiro atoms. The van der Waals surface area contributed by atoms with Crippen LogP contribution in [0.5, 0.6) is 0 Å². The molecule has 4 rings (SSSR count). The van der Waals surface area contributed by atoms with Gasteiger partial charge < -0.3 is 9.32 Å². The van der Waals surface area contributed by atoms with E-state index in [1.165, 1.54) is 11.1 Å². The van der Waals surface area contributed by atoms with Crippen molar-refractivity contribution in [1.29, 1.82) is 0 Å². The van der Waals surface area contributed by atoms with E-state index < -0.39 is 0 Å². The summed E-state index contributed by atoms with van der Waals surface area (Å²) in [7, 11) is 3.91. The van der Waals surface area contributed by atoms with Crippen LogP contribution in [0.2, 0.25) is 0 Å². The fourth-order valence-corrected chi connectivity index (χ4v) is 4.45. The second-order valence-electron chi connectivity index (χ2n) is 7.17. The van der Waals surface area contributed by atoms with E-state index in [0.29, 0.717) is 6.42 Å². The minimum atomic E-state index is -0.0625. The molecule has 6 heteroatoms. The molecule has 2 aromatic rings. The molecule has 0 unspecified atom stereocenters. The first-order valence-corrected chi connectivity index (χ1v) is 8.57. The molecule has 0 bridgehead atoms. The zero-order chi connectivity index (χ0) is 16.7. The third kappa shape index (κ3) is 2.45. The second-order valence-corrected chi connectivity index (χ2v) is 7.17. The number of piperidine rings is 1. The smallest absolute Gasteiger partial charge is 0.223 e. The highest BCUT2D eigenvalue weighted by Gasteiger charge is 2.52. The number of amides is 1. The minimum Gasteiger partial charge on any atom is -0.472 e. The van der Waals surface area contributed by atoms with E-state index in [9.17, 15) is 4.79 Å². The van der Waals surface area contributed by atoms with Crippen LogP contribution < -0.4 is 0 Å². The standard InChI is InChI=1S/C18H24N4O2/c1-20-12-15(10-19-20)16-9-17(23)21(2)18(16)4-6-22(7-5-18)11-14-3-8-24-13-14/h3,8,10,12-13,16H,4-7,9,11H2,1-2H3/t16-/m0/s1. The van der Waals surface area contributed by atoms with Gasteiger partial charge in [-0.05, 0) is 24.5 Å². The van der Waals surface area contributed by atoms with Crippen LogP contribution in [0, 0.1) is 0 Å². The molecule has 2 fully saturated rings. The van der Waals surface area contributed by atoms with Gasteiger partial charge in [0, 0.05) is 57.8 Å². The Balaban J connectivity index is 1.53. The van der Waals surface area contributed by atoms with Gasteiger partial charge in [0.15, 0.2) is 0 Å². The normalized spacial score (nSPS) is 24.2. The lowest BCUT2D eigenvalue weighted by Crippen LogP contribution is -2.53. The van der Waals surface area contributed by atoms with Crippen LogP contribution in [0.3, 0.4) is 0 Å². The van der Waals surface area contributed by atoms with Gasteiger partial charge in [-0.25, -0.2) is 0 Å². The zero-order valence-electron chi connectivity index (χ0n) is 14.3. The first-order valence-electron chi connectivity index (χ1n) is 8.57. The SMILES string of the molecule is CN1C(=O)C[C@@H](c2cnn(C)c2)C12CCN(Cc1ccoc1)CC2. The molecule has 0 saturated carbocycles. The maximum atomic E-state index is 12.4. The maximum Gasteiger partial charge on any atom is 0.223 e. The van der Waals surface area contributed by atoms with Gasteiger partial charge in [0.05, 0.1) is 24.3 Å². The Hall–Kier alpha value is -2.08. The van der Waals surface area contributed by atoms with Gasteiger partial charge in [0.25, 0.3) is 0 Å². The van der Waals surface area contributed by atoms with E-state index in [0.717, 1.165) is 32.5 Å². The number of likely N-dealkylation sites (tertiary alicyclic amines) is 2. The van der Waals surface area contributed by atoms with E-state index in [2.05, 4.69) is 16.2 Å². The highest BCUT2D eigenvalue weighted by Crippen LogP contribution is 2.48. The van der Waals surface area contributed by atoms with Gasteiger partial charge >= 0.3 is 0 Å². The van der Waals surface area contributed by atoms with Crippen molar-refractivity contribution in [3.8, 4) is 0 Å². The summed E-state index contributed by atoms with van der Waals surface area (Å²) in [6.07, 6.45) is 10.1. The molecule has 2 aliphatic heterocycles. The molecule has 1 amide bonds. The predicted octanol–water partition coefficient (Wildman–Crippen LogP) is 1.99. The monoisotopic (exact) mass is 328 g/mol. The van der Waals surface area contributed by atoms with Gasteiger partial charge in [0.1, 0.15) is 0 Å². The lowest BCUT2D eigenvalue weighted by molar-refractivity contribution is -0.130. The number of aryl methyl sites for hydroxylation is 1. The lowest BCUT2D eigenvalue weighted by atomic mass is 9.74. The summed E-state index contributed by atoms with van der Waals surface area (Å²) >= 11 is 0. The molecule has 0 aliphatic carbocycles. The summed E-state index contributed by atoms with van der Waals surface area (Å²) in [5.41, 5.74) is 2.34. The Kier molecular flexibility index (Phi) is 3.72. The molecule has 0 radical (unpaired) electrons. The number of carbonyl (C=O) groups is 1. The molecular formula is C18H24N4O2. The third-order valence-corrected chi connectivity index (χ3v) is 5.90. The topological polar surface area (TPSA) is 54.5 Å². The number of furan rings is 1. The number of hydrogen-bond acceptors (Lipinski definition) is 4. The molecule has 6 nitrogen and oxygen atoms in total. The van der Waals surface area contributed by atoms with Gasteiger partial charge in [0.2, 0.25) is 5.91 Å². The summed E-state index contributed by atoms with van der Waals surface area (Å²) in [5.74, 6) is 0.506. The third-order valence-electron chi connectivity index (χ3n) is 5.90. The van der Waals surface area contributed by atoms with Crippen LogP contribution in [-0.4, -0.2) is 51.2 Å². The number of hydrogen-bond donors (Lipinski definition) is 0. The number of likely N-dealkylation sites (N-methyl/N-ethyl adjacent to an activating group) is 1. The van der Waals surface area contributed by atoms with Crippen LogP contribution in [0.4, 0.5) is 0 Å². The predicted molar refractivity (Wildman–Crippen MR) is 89.3 cm³/mol. The lowest BCUT2D eigenvalue weighted by Gasteiger charge is -2.46. The molecular weight excluding hydrogens is 304 g/mol. The molecule has 24 heavy (non-hydrogen) atoms. The fraction of sp³-hybridized carbons (Fsp3) is 0.556. The average Bonchev–Trinajstić information content (AvgIpc) is 3.28. The highest BCUT2D eigenvalue weighted by atomic mass is 16.3. The molecule has 2 saturated heterocycles. The van der Waals surface area contributed by atoms with E-state index in [-0.39, 0.29) is 17.4 Å². The highest BCUT2D eigenvalue weighted by molar-refractivity contribution is 5.81. The first-order chi connectivity index (χ1) is 11.6. The quantitative estimate of drug-likeness (QED) is 0.865. The van der Waals surface area contributed by atoms with Crippen LogP contribution in [0.25, 0.3) is 0 Å². The summed E-state index contributed by atoms with van der Waals surface area (Å²) in [6, 6.07) is 2.02. The van der Waals surface area contributed by atoms with Gasteiger partial charge in [-0.15, -0.1) is 0 Å². The van der Waals surface area contributed by atoms with E-state index in [1.807, 2.05) is 42.2 Å². The Labute approximate surface area is 142 Å². The van der Waals surface area contributed by atoms with Crippen LogP contribution >= 0.6 is 0 Å². The fourth-order valence-electron chi connectivity index (χ4n) is 4.45. The molecule has 4 heterocycles. The molecule has 2 aliphatic rings. The van der Waals surface area contributed by atoms with Crippen LogP contribution in [-0.2, 0) is 18.4 Å². The Bertz CT molecular complexity index is 713. The Morgan fingerprint density at radius 3 is 2.75 bits per heavy atom. The van der Waals surface area contributed by atoms with Crippen molar-refractivity contribution < 1.29 is 9.21 Å². The summed E-state index contributed by atoms with van der Waals surface area (Å²) in [5, 5.41) is 4.32. The summed E-state index contributed by atoms with van der Waals surface area (Å²) in [6.45, 7) is 2.92. The van der Waals surface area contributed by atoms with Gasteiger partial charge in [-0.2, -0.15) is 5.10 Å². The second kappa shape index (κ2) is 5.77. The minimum absolute atomic E-state index is 0.0625. The van der Waals surface area contributed by atoms with Crippen molar-refractivity contribution >= 4 is 5.91 Å². The number of rotatable bonds is 3. The van der Waals surface area contributed by atoms with E-state index in [4.69, 9.17) is 4.42 Å².